The molecule has 0 bridgehead atoms. The average Bonchev–Trinajstić information content (AvgIpc) is 2.85. The van der Waals surface area contributed by atoms with Crippen molar-refractivity contribution < 1.29 is 9.53 Å². The predicted molar refractivity (Wildman–Crippen MR) is 79.7 cm³/mol. The Morgan fingerprint density at radius 1 is 1.47 bits per heavy atom. The van der Waals surface area contributed by atoms with Crippen LogP contribution in [0.5, 0.6) is 5.75 Å². The largest absolute Gasteiger partial charge is 0.497 e. The van der Waals surface area contributed by atoms with Crippen molar-refractivity contribution in [1.29, 1.82) is 0 Å². The number of alkyl halides is 1. The highest BCUT2D eigenvalue weighted by atomic mass is 79.9. The predicted octanol–water partition coefficient (Wildman–Crippen LogP) is 3.53. The Hall–Kier alpha value is -1.03. The molecular weight excluding hydrogens is 306 g/mol. The molecule has 104 valence electrons. The molecule has 1 fully saturated rings. The highest BCUT2D eigenvalue weighted by Crippen LogP contribution is 2.36. The zero-order valence-corrected chi connectivity index (χ0v) is 13.2. The quantitative estimate of drug-likeness (QED) is 0.795. The summed E-state index contributed by atoms with van der Waals surface area (Å²) in [5.41, 5.74) is 1.15. The molecule has 0 N–H and O–H groups in total. The molecule has 1 amide bonds. The van der Waals surface area contributed by atoms with Crippen LogP contribution in [0, 0.1) is 0 Å². The number of halogens is 1. The zero-order chi connectivity index (χ0) is 14.0. The Balaban J connectivity index is 2.25. The number of benzene rings is 1. The lowest BCUT2D eigenvalue weighted by Gasteiger charge is -2.30. The third kappa shape index (κ3) is 3.11. The van der Waals surface area contributed by atoms with E-state index in [-0.39, 0.29) is 11.9 Å². The molecule has 19 heavy (non-hydrogen) atoms. The van der Waals surface area contributed by atoms with E-state index in [0.29, 0.717) is 0 Å². The Morgan fingerprint density at radius 2 is 2.21 bits per heavy atom. The van der Waals surface area contributed by atoms with Gasteiger partial charge in [0, 0.05) is 6.54 Å². The SMILES string of the molecule is COc1cccc(C2CCCN2C(=O)C(C)(C)Br)c1. The molecule has 1 aromatic rings. The van der Waals surface area contributed by atoms with E-state index in [9.17, 15) is 4.79 Å². The van der Waals surface area contributed by atoms with Gasteiger partial charge in [0.1, 0.15) is 5.75 Å². The molecule has 0 aromatic heterocycles. The average molecular weight is 326 g/mol. The van der Waals surface area contributed by atoms with Gasteiger partial charge in [0.25, 0.3) is 0 Å². The van der Waals surface area contributed by atoms with E-state index < -0.39 is 4.32 Å². The van der Waals surface area contributed by atoms with Gasteiger partial charge < -0.3 is 9.64 Å². The van der Waals surface area contributed by atoms with Crippen LogP contribution in [0.25, 0.3) is 0 Å². The van der Waals surface area contributed by atoms with Gasteiger partial charge in [-0.1, -0.05) is 28.1 Å². The van der Waals surface area contributed by atoms with Gasteiger partial charge in [0.15, 0.2) is 0 Å². The number of hydrogen-bond donors (Lipinski definition) is 0. The summed E-state index contributed by atoms with van der Waals surface area (Å²) in [7, 11) is 1.66. The number of ether oxygens (including phenoxy) is 1. The van der Waals surface area contributed by atoms with E-state index in [1.54, 1.807) is 7.11 Å². The van der Waals surface area contributed by atoms with Crippen LogP contribution in [0.3, 0.4) is 0 Å². The number of carbonyl (C=O) groups is 1. The fraction of sp³-hybridized carbons (Fsp3) is 0.533. The molecule has 0 spiro atoms. The first-order valence-electron chi connectivity index (χ1n) is 6.57. The van der Waals surface area contributed by atoms with Crippen molar-refractivity contribution in [2.45, 2.75) is 37.1 Å². The van der Waals surface area contributed by atoms with Crippen molar-refractivity contribution >= 4 is 21.8 Å². The maximum absolute atomic E-state index is 12.5. The number of methoxy groups -OCH3 is 1. The topological polar surface area (TPSA) is 29.5 Å². The summed E-state index contributed by atoms with van der Waals surface area (Å²) in [6.07, 6.45) is 2.07. The van der Waals surface area contributed by atoms with Crippen LogP contribution in [0.2, 0.25) is 0 Å². The van der Waals surface area contributed by atoms with Gasteiger partial charge in [-0.15, -0.1) is 0 Å². The van der Waals surface area contributed by atoms with Crippen molar-refractivity contribution in [3.05, 3.63) is 29.8 Å². The molecular formula is C15H20BrNO2. The van der Waals surface area contributed by atoms with E-state index in [2.05, 4.69) is 22.0 Å². The number of rotatable bonds is 3. The fourth-order valence-corrected chi connectivity index (χ4v) is 2.77. The Bertz CT molecular complexity index is 467. The standard InChI is InChI=1S/C15H20BrNO2/c1-15(2,16)14(18)17-9-5-8-13(17)11-6-4-7-12(10-11)19-3/h4,6-7,10,13H,5,8-9H2,1-3H3. The van der Waals surface area contributed by atoms with Gasteiger partial charge in [-0.2, -0.15) is 0 Å². The van der Waals surface area contributed by atoms with Gasteiger partial charge in [0.05, 0.1) is 17.5 Å². The van der Waals surface area contributed by atoms with E-state index in [1.165, 1.54) is 0 Å². The third-order valence-electron chi connectivity index (χ3n) is 3.50. The summed E-state index contributed by atoms with van der Waals surface area (Å²) in [4.78, 5) is 14.4. The molecule has 1 aromatic carbocycles. The molecule has 0 radical (unpaired) electrons. The third-order valence-corrected chi connectivity index (χ3v) is 3.84. The molecule has 1 aliphatic heterocycles. The van der Waals surface area contributed by atoms with Gasteiger partial charge >= 0.3 is 0 Å². The molecule has 4 heteroatoms. The van der Waals surface area contributed by atoms with Gasteiger partial charge in [-0.25, -0.2) is 0 Å². The number of likely N-dealkylation sites (tertiary alicyclic amines) is 1. The Kier molecular flexibility index (Phi) is 4.19. The minimum atomic E-state index is -0.505. The van der Waals surface area contributed by atoms with Crippen molar-refractivity contribution in [2.75, 3.05) is 13.7 Å². The molecule has 2 rings (SSSR count). The summed E-state index contributed by atoms with van der Waals surface area (Å²) in [6, 6.07) is 8.17. The van der Waals surface area contributed by atoms with Crippen LogP contribution in [-0.2, 0) is 4.79 Å². The number of carbonyl (C=O) groups excluding carboxylic acids is 1. The fourth-order valence-electron chi connectivity index (χ4n) is 2.55. The number of amides is 1. The van der Waals surface area contributed by atoms with Crippen LogP contribution in [0.1, 0.15) is 38.3 Å². The smallest absolute Gasteiger partial charge is 0.239 e. The van der Waals surface area contributed by atoms with Crippen LogP contribution in [0.15, 0.2) is 24.3 Å². The number of nitrogens with zero attached hydrogens (tertiary/aromatic N) is 1. The summed E-state index contributed by atoms with van der Waals surface area (Å²) in [5, 5.41) is 0. The maximum Gasteiger partial charge on any atom is 0.239 e. The van der Waals surface area contributed by atoms with Gasteiger partial charge in [-0.3, -0.25) is 4.79 Å². The normalized spacial score (nSPS) is 19.6. The van der Waals surface area contributed by atoms with Crippen LogP contribution in [-0.4, -0.2) is 28.8 Å². The number of hydrogen-bond acceptors (Lipinski definition) is 2. The Morgan fingerprint density at radius 3 is 2.84 bits per heavy atom. The van der Waals surface area contributed by atoms with E-state index in [1.807, 2.05) is 36.9 Å². The van der Waals surface area contributed by atoms with Gasteiger partial charge in [-0.05, 0) is 44.4 Å². The molecule has 1 saturated heterocycles. The highest BCUT2D eigenvalue weighted by molar-refractivity contribution is 9.10. The summed E-state index contributed by atoms with van der Waals surface area (Å²) < 4.78 is 4.76. The molecule has 0 saturated carbocycles. The van der Waals surface area contributed by atoms with Crippen LogP contribution in [0.4, 0.5) is 0 Å². The van der Waals surface area contributed by atoms with E-state index in [4.69, 9.17) is 4.74 Å². The molecule has 1 aliphatic rings. The van der Waals surface area contributed by atoms with Crippen LogP contribution >= 0.6 is 15.9 Å². The lowest BCUT2D eigenvalue weighted by atomic mass is 10.0. The highest BCUT2D eigenvalue weighted by Gasteiger charge is 2.36. The Labute approximate surface area is 123 Å². The van der Waals surface area contributed by atoms with Crippen molar-refractivity contribution in [2.24, 2.45) is 0 Å². The molecule has 0 aliphatic carbocycles. The van der Waals surface area contributed by atoms with Gasteiger partial charge in [0.2, 0.25) is 5.91 Å². The molecule has 3 nitrogen and oxygen atoms in total. The van der Waals surface area contributed by atoms with Crippen LogP contribution < -0.4 is 4.74 Å². The first-order valence-corrected chi connectivity index (χ1v) is 7.36. The van der Waals surface area contributed by atoms with Crippen molar-refractivity contribution in [3.8, 4) is 5.75 Å². The lowest BCUT2D eigenvalue weighted by molar-refractivity contribution is -0.133. The summed E-state index contributed by atoms with van der Waals surface area (Å²) in [5.74, 6) is 0.993. The second-order valence-electron chi connectivity index (χ2n) is 5.41. The minimum Gasteiger partial charge on any atom is -0.497 e. The van der Waals surface area contributed by atoms with Crippen molar-refractivity contribution in [3.63, 3.8) is 0 Å². The zero-order valence-electron chi connectivity index (χ0n) is 11.6. The lowest BCUT2D eigenvalue weighted by Crippen LogP contribution is -2.41. The van der Waals surface area contributed by atoms with E-state index in [0.717, 1.165) is 30.7 Å². The second-order valence-corrected chi connectivity index (χ2v) is 7.39. The van der Waals surface area contributed by atoms with Crippen molar-refractivity contribution in [1.82, 2.24) is 4.90 Å². The molecule has 1 heterocycles. The molecule has 1 atom stereocenters. The summed E-state index contributed by atoms with van der Waals surface area (Å²) in [6.45, 7) is 4.63. The second kappa shape index (κ2) is 5.53. The van der Waals surface area contributed by atoms with E-state index >= 15 is 0 Å². The first-order chi connectivity index (χ1) is 8.93. The monoisotopic (exact) mass is 325 g/mol. The maximum atomic E-state index is 12.5. The first kappa shape index (κ1) is 14.4. The summed E-state index contributed by atoms with van der Waals surface area (Å²) >= 11 is 3.47. The minimum absolute atomic E-state index is 0.151. The molecule has 1 unspecified atom stereocenters.